The van der Waals surface area contributed by atoms with Gasteiger partial charge in [-0.3, -0.25) is 0 Å². The monoisotopic (exact) mass is 517 g/mol. The van der Waals surface area contributed by atoms with E-state index in [1.165, 1.54) is 73.7 Å². The van der Waals surface area contributed by atoms with Crippen LogP contribution in [0.25, 0.3) is 0 Å². The molecule has 0 bridgehead atoms. The van der Waals surface area contributed by atoms with E-state index in [0.29, 0.717) is 16.2 Å². The molecule has 0 spiro atoms. The average molecular weight is 517 g/mol. The molecular weight excluding hydrogens is 444 g/mol. The number of allylic oxidation sites excluding steroid dienone is 8. The van der Waals surface area contributed by atoms with E-state index in [1.807, 2.05) is 0 Å². The summed E-state index contributed by atoms with van der Waals surface area (Å²) in [5, 5.41) is 0. The van der Waals surface area contributed by atoms with E-state index in [9.17, 15) is 0 Å². The Kier molecular flexibility index (Phi) is 22.8. The second-order valence-corrected chi connectivity index (χ2v) is 15.7. The maximum Gasteiger partial charge on any atom is -0.0288 e. The van der Waals surface area contributed by atoms with E-state index in [0.717, 1.165) is 5.92 Å². The zero-order valence-corrected chi connectivity index (χ0v) is 29.0. The molecule has 0 unspecified atom stereocenters. The summed E-state index contributed by atoms with van der Waals surface area (Å²) in [7, 11) is 0. The smallest absolute Gasteiger partial charge is 0.0288 e. The first-order valence-corrected chi connectivity index (χ1v) is 15.1. The molecule has 1 atom stereocenters. The minimum atomic E-state index is 0.428. The van der Waals surface area contributed by atoms with Gasteiger partial charge < -0.3 is 0 Å². The zero-order valence-electron chi connectivity index (χ0n) is 29.0. The van der Waals surface area contributed by atoms with Gasteiger partial charge in [0, 0.05) is 0 Å². The normalized spacial score (nSPS) is 12.8. The van der Waals surface area contributed by atoms with Gasteiger partial charge in [0.15, 0.2) is 0 Å². The van der Waals surface area contributed by atoms with Crippen molar-refractivity contribution in [3.63, 3.8) is 0 Å². The highest BCUT2D eigenvalue weighted by atomic mass is 14.2. The lowest BCUT2D eigenvalue weighted by atomic mass is 9.86. The van der Waals surface area contributed by atoms with Crippen molar-refractivity contribution in [3.05, 3.63) is 46.6 Å². The van der Waals surface area contributed by atoms with Gasteiger partial charge >= 0.3 is 0 Å². The van der Waals surface area contributed by atoms with Gasteiger partial charge in [-0.2, -0.15) is 0 Å². The molecule has 0 rings (SSSR count). The summed E-state index contributed by atoms with van der Waals surface area (Å²) >= 11 is 0. The van der Waals surface area contributed by atoms with Crippen molar-refractivity contribution in [2.75, 3.05) is 0 Å². The topological polar surface area (TPSA) is 0 Å². The second-order valence-electron chi connectivity index (χ2n) is 15.7. The van der Waals surface area contributed by atoms with Crippen LogP contribution < -0.4 is 0 Å². The maximum atomic E-state index is 2.39. The Labute approximate surface area is 237 Å². The molecule has 0 radical (unpaired) electrons. The average Bonchev–Trinajstić information content (AvgIpc) is 2.68. The Hall–Kier alpha value is -1.04. The molecule has 0 amide bonds. The number of rotatable bonds is 10. The first-order chi connectivity index (χ1) is 16.5. The first-order valence-electron chi connectivity index (χ1n) is 15.1. The van der Waals surface area contributed by atoms with Crippen molar-refractivity contribution in [1.82, 2.24) is 0 Å². The molecule has 0 aliphatic carbocycles. The molecule has 0 aliphatic heterocycles. The van der Waals surface area contributed by atoms with Gasteiger partial charge in [0.05, 0.1) is 0 Å². The Balaban J connectivity index is -0.000000481. The third kappa shape index (κ3) is 45.3. The first kappa shape index (κ1) is 40.5. The predicted molar refractivity (Wildman–Crippen MR) is 177 cm³/mol. The van der Waals surface area contributed by atoms with Gasteiger partial charge in [0.25, 0.3) is 0 Å². The van der Waals surface area contributed by atoms with Crippen LogP contribution in [-0.4, -0.2) is 0 Å². The fourth-order valence-electron chi connectivity index (χ4n) is 3.16. The molecule has 37 heavy (non-hydrogen) atoms. The highest BCUT2D eigenvalue weighted by Crippen LogP contribution is 2.25. The minimum Gasteiger partial charge on any atom is -0.0859 e. The molecular formula is C37H72. The summed E-state index contributed by atoms with van der Waals surface area (Å²) in [5.74, 6) is 0.879. The van der Waals surface area contributed by atoms with Gasteiger partial charge in [0.2, 0.25) is 0 Å². The second kappa shape index (κ2) is 20.9. The molecule has 0 N–H and O–H groups in total. The molecule has 0 aromatic heterocycles. The van der Waals surface area contributed by atoms with Crippen LogP contribution in [0.4, 0.5) is 0 Å². The summed E-state index contributed by atoms with van der Waals surface area (Å²) in [6.07, 6.45) is 19.5. The summed E-state index contributed by atoms with van der Waals surface area (Å²) in [5.41, 5.74) is 7.21. The minimum absolute atomic E-state index is 0.428. The predicted octanol–water partition coefficient (Wildman–Crippen LogP) is 13.7. The molecule has 0 heteroatoms. The standard InChI is InChI=1S/C14H28.C14H26.C9H18/c2*1-12(2)8-7-9-13(3)10-11-14(4,5)6;1-8(2)6-7-9(3,4)5/h8,13H,7,9-11H2,1-6H3;8,10H,7,9,11H2,1-6H3;6H,7H2,1-5H3/b;13-10+;/t13-;;/m1../s1. The highest BCUT2D eigenvalue weighted by Gasteiger charge is 2.12. The van der Waals surface area contributed by atoms with E-state index in [4.69, 9.17) is 0 Å². The summed E-state index contributed by atoms with van der Waals surface area (Å²) in [6.45, 7) is 38.2. The summed E-state index contributed by atoms with van der Waals surface area (Å²) < 4.78 is 0. The SMILES string of the molecule is CC(C)=CCC(C)(C)C.CC(C)=CCC/C(C)=C/CC(C)(C)C.CC(C)=CCC[C@@H](C)CCC(C)(C)C. The van der Waals surface area contributed by atoms with Gasteiger partial charge in [-0.25, -0.2) is 0 Å². The van der Waals surface area contributed by atoms with Crippen LogP contribution in [0, 0.1) is 22.2 Å². The van der Waals surface area contributed by atoms with E-state index in [1.54, 1.807) is 0 Å². The molecule has 0 aromatic rings. The third-order valence-electron chi connectivity index (χ3n) is 5.88. The molecule has 0 saturated carbocycles. The van der Waals surface area contributed by atoms with E-state index >= 15 is 0 Å². The van der Waals surface area contributed by atoms with Crippen LogP contribution in [0.2, 0.25) is 0 Å². The highest BCUT2D eigenvalue weighted by molar-refractivity contribution is 5.03. The van der Waals surface area contributed by atoms with Crippen LogP contribution in [0.1, 0.15) is 169 Å². The lowest BCUT2D eigenvalue weighted by Gasteiger charge is -2.20. The molecule has 0 aromatic carbocycles. The molecule has 0 nitrogen and oxygen atoms in total. The Bertz CT molecular complexity index is 659. The van der Waals surface area contributed by atoms with Crippen LogP contribution in [0.5, 0.6) is 0 Å². The van der Waals surface area contributed by atoms with Gasteiger partial charge in [-0.15, -0.1) is 0 Å². The summed E-state index contributed by atoms with van der Waals surface area (Å²) in [4.78, 5) is 0. The number of hydrogen-bond acceptors (Lipinski definition) is 0. The van der Waals surface area contributed by atoms with Gasteiger partial charge in [-0.05, 0) is 116 Å². The lowest BCUT2D eigenvalue weighted by molar-refractivity contribution is 0.324. The third-order valence-corrected chi connectivity index (χ3v) is 5.88. The molecule has 0 fully saturated rings. The zero-order chi connectivity index (χ0) is 29.9. The van der Waals surface area contributed by atoms with Crippen molar-refractivity contribution >= 4 is 0 Å². The van der Waals surface area contributed by atoms with Crippen LogP contribution >= 0.6 is 0 Å². The molecule has 0 heterocycles. The van der Waals surface area contributed by atoms with Crippen LogP contribution in [0.15, 0.2) is 46.6 Å². The van der Waals surface area contributed by atoms with Gasteiger partial charge in [-0.1, -0.05) is 122 Å². The molecule has 0 saturated heterocycles. The molecule has 0 aliphatic rings. The van der Waals surface area contributed by atoms with Gasteiger partial charge in [0.1, 0.15) is 0 Å². The van der Waals surface area contributed by atoms with E-state index in [2.05, 4.69) is 142 Å². The fraction of sp³-hybridized carbons (Fsp3) is 0.784. The Morgan fingerprint density at radius 1 is 0.514 bits per heavy atom. The van der Waals surface area contributed by atoms with E-state index in [-0.39, 0.29) is 0 Å². The Morgan fingerprint density at radius 2 is 0.919 bits per heavy atom. The largest absolute Gasteiger partial charge is 0.0859 e. The van der Waals surface area contributed by atoms with Crippen molar-refractivity contribution in [2.45, 2.75) is 169 Å². The Morgan fingerprint density at radius 3 is 1.27 bits per heavy atom. The van der Waals surface area contributed by atoms with Crippen molar-refractivity contribution in [1.29, 1.82) is 0 Å². The van der Waals surface area contributed by atoms with Crippen molar-refractivity contribution in [2.24, 2.45) is 22.2 Å². The lowest BCUT2D eigenvalue weighted by Crippen LogP contribution is -2.07. The fourth-order valence-corrected chi connectivity index (χ4v) is 3.16. The molecule has 220 valence electrons. The van der Waals surface area contributed by atoms with Crippen molar-refractivity contribution < 1.29 is 0 Å². The van der Waals surface area contributed by atoms with E-state index < -0.39 is 0 Å². The maximum absolute atomic E-state index is 2.39. The quantitative estimate of drug-likeness (QED) is 0.253. The van der Waals surface area contributed by atoms with Crippen molar-refractivity contribution in [3.8, 4) is 0 Å². The van der Waals surface area contributed by atoms with Crippen LogP contribution in [-0.2, 0) is 0 Å². The summed E-state index contributed by atoms with van der Waals surface area (Å²) in [6, 6.07) is 0. The van der Waals surface area contributed by atoms with Crippen LogP contribution in [0.3, 0.4) is 0 Å². The number of hydrogen-bond donors (Lipinski definition) is 0.